The normalized spacial score (nSPS) is 16.5. The summed E-state index contributed by atoms with van der Waals surface area (Å²) in [6.07, 6.45) is 2.62. The van der Waals surface area contributed by atoms with Gasteiger partial charge in [0, 0.05) is 13.2 Å². The van der Waals surface area contributed by atoms with Crippen LogP contribution in [0.25, 0.3) is 0 Å². The van der Waals surface area contributed by atoms with Crippen molar-refractivity contribution in [2.45, 2.75) is 13.3 Å². The van der Waals surface area contributed by atoms with E-state index in [1.807, 2.05) is 20.2 Å². The number of carbonyl (C=O) groups is 2. The molecule has 0 radical (unpaired) electrons. The van der Waals surface area contributed by atoms with Gasteiger partial charge in [-0.15, -0.1) is 0 Å². The minimum Gasteiger partial charge on any atom is -0.350 e. The van der Waals surface area contributed by atoms with Gasteiger partial charge in [-0.3, -0.25) is 19.6 Å². The van der Waals surface area contributed by atoms with Gasteiger partial charge >= 0.3 is 0 Å². The largest absolute Gasteiger partial charge is 0.350 e. The van der Waals surface area contributed by atoms with E-state index in [1.54, 1.807) is 9.58 Å². The highest BCUT2D eigenvalue weighted by Gasteiger charge is 2.25. The van der Waals surface area contributed by atoms with Gasteiger partial charge in [0.2, 0.25) is 11.8 Å². The number of anilines is 1. The lowest BCUT2D eigenvalue weighted by Gasteiger charge is -2.26. The Morgan fingerprint density at radius 1 is 1.38 bits per heavy atom. The van der Waals surface area contributed by atoms with E-state index < -0.39 is 0 Å². The first-order chi connectivity index (χ1) is 7.60. The Hall–Kier alpha value is -1.85. The molecular weight excluding hydrogens is 208 g/mol. The third-order valence-corrected chi connectivity index (χ3v) is 2.51. The van der Waals surface area contributed by atoms with Crippen LogP contribution < -0.4 is 10.2 Å². The van der Waals surface area contributed by atoms with Crippen molar-refractivity contribution < 1.29 is 9.59 Å². The van der Waals surface area contributed by atoms with Gasteiger partial charge in [-0.25, -0.2) is 0 Å². The zero-order chi connectivity index (χ0) is 11.7. The molecule has 16 heavy (non-hydrogen) atoms. The maximum atomic E-state index is 11.3. The van der Waals surface area contributed by atoms with E-state index in [9.17, 15) is 9.59 Å². The highest BCUT2D eigenvalue weighted by Crippen LogP contribution is 2.20. The van der Waals surface area contributed by atoms with Crippen LogP contribution >= 0.6 is 0 Å². The highest BCUT2D eigenvalue weighted by atomic mass is 16.2. The molecule has 0 unspecified atom stereocenters. The van der Waals surface area contributed by atoms with Crippen LogP contribution in [-0.4, -0.2) is 34.7 Å². The summed E-state index contributed by atoms with van der Waals surface area (Å²) in [5, 5.41) is 6.56. The minimum absolute atomic E-state index is 0.213. The van der Waals surface area contributed by atoms with Crippen LogP contribution in [0.15, 0.2) is 6.20 Å². The molecule has 0 saturated carbocycles. The number of imide groups is 1. The number of nitrogens with zero attached hydrogens (tertiary/aromatic N) is 3. The molecule has 1 fully saturated rings. The second kappa shape index (κ2) is 3.96. The van der Waals surface area contributed by atoms with Gasteiger partial charge < -0.3 is 4.90 Å². The number of hydrogen-bond donors (Lipinski definition) is 1. The zero-order valence-corrected chi connectivity index (χ0v) is 9.36. The SMILES string of the molecule is CCc1nn(C)cc1N1CC(=O)NC(=O)C1. The second-order valence-corrected chi connectivity index (χ2v) is 3.82. The summed E-state index contributed by atoms with van der Waals surface area (Å²) in [6, 6.07) is 0. The summed E-state index contributed by atoms with van der Waals surface area (Å²) in [7, 11) is 1.83. The third kappa shape index (κ3) is 1.91. The first-order valence-corrected chi connectivity index (χ1v) is 5.20. The van der Waals surface area contributed by atoms with Gasteiger partial charge in [0.05, 0.1) is 24.5 Å². The molecule has 0 atom stereocenters. The van der Waals surface area contributed by atoms with Crippen LogP contribution in [-0.2, 0) is 23.1 Å². The van der Waals surface area contributed by atoms with Crippen LogP contribution in [0.4, 0.5) is 5.69 Å². The number of rotatable bonds is 2. The van der Waals surface area contributed by atoms with Gasteiger partial charge in [-0.1, -0.05) is 6.92 Å². The lowest BCUT2D eigenvalue weighted by atomic mass is 10.2. The molecule has 2 heterocycles. The summed E-state index contributed by atoms with van der Waals surface area (Å²) in [4.78, 5) is 24.3. The second-order valence-electron chi connectivity index (χ2n) is 3.82. The van der Waals surface area contributed by atoms with Crippen molar-refractivity contribution in [3.8, 4) is 0 Å². The fourth-order valence-corrected chi connectivity index (χ4v) is 1.85. The molecular formula is C10H14N4O2. The molecule has 0 spiro atoms. The van der Waals surface area contributed by atoms with E-state index in [-0.39, 0.29) is 24.9 Å². The lowest BCUT2D eigenvalue weighted by molar-refractivity contribution is -0.130. The van der Waals surface area contributed by atoms with E-state index in [0.29, 0.717) is 0 Å². The number of piperazine rings is 1. The summed E-state index contributed by atoms with van der Waals surface area (Å²) in [5.74, 6) is -0.524. The third-order valence-electron chi connectivity index (χ3n) is 2.51. The van der Waals surface area contributed by atoms with Crippen LogP contribution in [0.1, 0.15) is 12.6 Å². The molecule has 2 rings (SSSR count). The van der Waals surface area contributed by atoms with Crippen LogP contribution in [0, 0.1) is 0 Å². The van der Waals surface area contributed by atoms with Crippen molar-refractivity contribution >= 4 is 17.5 Å². The van der Waals surface area contributed by atoms with Gasteiger partial charge in [0.25, 0.3) is 0 Å². The number of carbonyl (C=O) groups excluding carboxylic acids is 2. The molecule has 6 heteroatoms. The van der Waals surface area contributed by atoms with Gasteiger partial charge in [-0.05, 0) is 6.42 Å². The average Bonchev–Trinajstić information content (AvgIpc) is 2.58. The summed E-state index contributed by atoms with van der Waals surface area (Å²) >= 11 is 0. The van der Waals surface area contributed by atoms with Crippen molar-refractivity contribution in [3.05, 3.63) is 11.9 Å². The number of amides is 2. The van der Waals surface area contributed by atoms with Gasteiger partial charge in [0.1, 0.15) is 0 Å². The maximum absolute atomic E-state index is 11.3. The number of aryl methyl sites for hydroxylation is 2. The molecule has 1 aliphatic rings. The Kier molecular flexibility index (Phi) is 2.64. The molecule has 6 nitrogen and oxygen atoms in total. The fraction of sp³-hybridized carbons (Fsp3) is 0.500. The monoisotopic (exact) mass is 222 g/mol. The van der Waals surface area contributed by atoms with Crippen LogP contribution in [0.5, 0.6) is 0 Å². The van der Waals surface area contributed by atoms with E-state index >= 15 is 0 Å². The molecule has 86 valence electrons. The number of aromatic nitrogens is 2. The van der Waals surface area contributed by atoms with E-state index in [4.69, 9.17) is 0 Å². The van der Waals surface area contributed by atoms with Gasteiger partial charge in [-0.2, -0.15) is 5.10 Å². The fourth-order valence-electron chi connectivity index (χ4n) is 1.85. The number of nitrogens with one attached hydrogen (secondary N) is 1. The van der Waals surface area contributed by atoms with E-state index in [1.165, 1.54) is 0 Å². The van der Waals surface area contributed by atoms with E-state index in [0.717, 1.165) is 17.8 Å². The molecule has 1 aliphatic heterocycles. The Morgan fingerprint density at radius 2 is 2.00 bits per heavy atom. The Morgan fingerprint density at radius 3 is 2.56 bits per heavy atom. The van der Waals surface area contributed by atoms with Crippen molar-refractivity contribution in [1.29, 1.82) is 0 Å². The molecule has 1 saturated heterocycles. The zero-order valence-electron chi connectivity index (χ0n) is 9.36. The van der Waals surface area contributed by atoms with Crippen LogP contribution in [0.2, 0.25) is 0 Å². The molecule has 1 aromatic rings. The molecule has 2 amide bonds. The van der Waals surface area contributed by atoms with Crippen molar-refractivity contribution in [2.75, 3.05) is 18.0 Å². The maximum Gasteiger partial charge on any atom is 0.246 e. The summed E-state index contributed by atoms with van der Waals surface area (Å²) in [5.41, 5.74) is 1.78. The quantitative estimate of drug-likeness (QED) is 0.681. The predicted molar refractivity (Wildman–Crippen MR) is 57.9 cm³/mol. The molecule has 1 aromatic heterocycles. The number of hydrogen-bond acceptors (Lipinski definition) is 4. The Balaban J connectivity index is 2.28. The molecule has 0 aromatic carbocycles. The summed E-state index contributed by atoms with van der Waals surface area (Å²) < 4.78 is 1.70. The Labute approximate surface area is 93.2 Å². The lowest BCUT2D eigenvalue weighted by Crippen LogP contribution is -2.51. The smallest absolute Gasteiger partial charge is 0.246 e. The van der Waals surface area contributed by atoms with Gasteiger partial charge in [0.15, 0.2) is 0 Å². The first-order valence-electron chi connectivity index (χ1n) is 5.20. The first kappa shape index (κ1) is 10.7. The van der Waals surface area contributed by atoms with Crippen molar-refractivity contribution in [2.24, 2.45) is 7.05 Å². The Bertz CT molecular complexity index is 422. The predicted octanol–water partition coefficient (Wildman–Crippen LogP) is -0.555. The molecule has 0 bridgehead atoms. The molecule has 0 aliphatic carbocycles. The van der Waals surface area contributed by atoms with Crippen molar-refractivity contribution in [1.82, 2.24) is 15.1 Å². The van der Waals surface area contributed by atoms with E-state index in [2.05, 4.69) is 10.4 Å². The minimum atomic E-state index is -0.262. The standard InChI is InChI=1S/C10H14N4O2/c1-3-7-8(4-13(2)12-7)14-5-9(15)11-10(16)6-14/h4H,3,5-6H2,1-2H3,(H,11,15,16). The molecule has 1 N–H and O–H groups in total. The van der Waals surface area contributed by atoms with Crippen molar-refractivity contribution in [3.63, 3.8) is 0 Å². The topological polar surface area (TPSA) is 67.2 Å². The summed E-state index contributed by atoms with van der Waals surface area (Å²) in [6.45, 7) is 2.42. The average molecular weight is 222 g/mol. The van der Waals surface area contributed by atoms with Crippen LogP contribution in [0.3, 0.4) is 0 Å². The highest BCUT2D eigenvalue weighted by molar-refractivity contribution is 6.02.